The van der Waals surface area contributed by atoms with E-state index in [1.54, 1.807) is 0 Å². The predicted octanol–water partition coefficient (Wildman–Crippen LogP) is 0.600. The summed E-state index contributed by atoms with van der Waals surface area (Å²) in [5.41, 5.74) is -0.537. The van der Waals surface area contributed by atoms with Gasteiger partial charge in [0.2, 0.25) is 0 Å². The molecule has 2 rings (SSSR count). The molecule has 0 bridgehead atoms. The Morgan fingerprint density at radius 1 is 1.41 bits per heavy atom. The molecule has 4 nitrogen and oxygen atoms in total. The lowest BCUT2D eigenvalue weighted by molar-refractivity contribution is -0.0637. The minimum Gasteiger partial charge on any atom is -0.388 e. The van der Waals surface area contributed by atoms with Crippen LogP contribution in [0, 0.1) is 0 Å². The standard InChI is InChI=1S/C13H26N2O2/c1-11-9-12(3-6-15(11)2)14-10-13(16)4-7-17-8-5-13/h11-12,14,16H,3-10H2,1-2H3. The molecule has 2 atom stereocenters. The number of hydrogen-bond donors (Lipinski definition) is 2. The first kappa shape index (κ1) is 13.3. The molecule has 2 fully saturated rings. The zero-order valence-corrected chi connectivity index (χ0v) is 11.1. The van der Waals surface area contributed by atoms with Gasteiger partial charge in [-0.15, -0.1) is 0 Å². The second-order valence-corrected chi connectivity index (χ2v) is 5.77. The van der Waals surface area contributed by atoms with Crippen LogP contribution in [0.3, 0.4) is 0 Å². The van der Waals surface area contributed by atoms with Gasteiger partial charge >= 0.3 is 0 Å². The lowest BCUT2D eigenvalue weighted by Crippen LogP contribution is -2.51. The van der Waals surface area contributed by atoms with Crippen LogP contribution in [0.15, 0.2) is 0 Å². The van der Waals surface area contributed by atoms with Crippen LogP contribution in [-0.2, 0) is 4.74 Å². The largest absolute Gasteiger partial charge is 0.388 e. The van der Waals surface area contributed by atoms with Crippen molar-refractivity contribution in [3.63, 3.8) is 0 Å². The Balaban J connectivity index is 1.74. The zero-order valence-electron chi connectivity index (χ0n) is 11.1. The van der Waals surface area contributed by atoms with E-state index in [4.69, 9.17) is 4.74 Å². The molecule has 4 heteroatoms. The number of nitrogens with one attached hydrogen (secondary N) is 1. The normalized spacial score (nSPS) is 34.8. The van der Waals surface area contributed by atoms with Crippen molar-refractivity contribution in [3.8, 4) is 0 Å². The van der Waals surface area contributed by atoms with Crippen LogP contribution in [0.4, 0.5) is 0 Å². The summed E-state index contributed by atoms with van der Waals surface area (Å²) in [4.78, 5) is 2.40. The van der Waals surface area contributed by atoms with Gasteiger partial charge in [0.1, 0.15) is 0 Å². The lowest BCUT2D eigenvalue weighted by Gasteiger charge is -2.38. The van der Waals surface area contributed by atoms with E-state index in [2.05, 4.69) is 24.2 Å². The predicted molar refractivity (Wildman–Crippen MR) is 68.1 cm³/mol. The van der Waals surface area contributed by atoms with Crippen molar-refractivity contribution < 1.29 is 9.84 Å². The molecule has 2 aliphatic rings. The molecule has 0 aromatic heterocycles. The fraction of sp³-hybridized carbons (Fsp3) is 1.00. The first-order chi connectivity index (χ1) is 8.09. The Bertz CT molecular complexity index is 242. The van der Waals surface area contributed by atoms with Crippen LogP contribution in [0.1, 0.15) is 32.6 Å². The third-order valence-electron chi connectivity index (χ3n) is 4.35. The highest BCUT2D eigenvalue weighted by atomic mass is 16.5. The smallest absolute Gasteiger partial charge is 0.0815 e. The van der Waals surface area contributed by atoms with Crippen molar-refractivity contribution in [2.75, 3.05) is 33.4 Å². The number of rotatable bonds is 3. The summed E-state index contributed by atoms with van der Waals surface area (Å²) in [6.45, 7) is 5.54. The zero-order chi connectivity index (χ0) is 12.3. The van der Waals surface area contributed by atoms with Gasteiger partial charge in [-0.05, 0) is 33.4 Å². The number of aliphatic hydroxyl groups is 1. The Morgan fingerprint density at radius 3 is 2.76 bits per heavy atom. The van der Waals surface area contributed by atoms with E-state index in [0.29, 0.717) is 25.3 Å². The molecule has 2 unspecified atom stereocenters. The highest BCUT2D eigenvalue weighted by molar-refractivity contribution is 4.87. The van der Waals surface area contributed by atoms with E-state index in [-0.39, 0.29) is 0 Å². The second-order valence-electron chi connectivity index (χ2n) is 5.77. The van der Waals surface area contributed by atoms with Gasteiger partial charge in [-0.1, -0.05) is 0 Å². The van der Waals surface area contributed by atoms with Gasteiger partial charge in [0, 0.05) is 44.7 Å². The molecule has 0 aliphatic carbocycles. The van der Waals surface area contributed by atoms with E-state index in [9.17, 15) is 5.11 Å². The third kappa shape index (κ3) is 3.65. The molecular formula is C13H26N2O2. The SMILES string of the molecule is CC1CC(NCC2(O)CCOCC2)CCN1C. The Morgan fingerprint density at radius 2 is 2.12 bits per heavy atom. The summed E-state index contributed by atoms with van der Waals surface area (Å²) < 4.78 is 5.29. The first-order valence-electron chi connectivity index (χ1n) is 6.83. The fourth-order valence-corrected chi connectivity index (χ4v) is 2.74. The molecule has 2 N–H and O–H groups in total. The number of piperidine rings is 1. The topological polar surface area (TPSA) is 44.7 Å². The first-order valence-corrected chi connectivity index (χ1v) is 6.83. The number of likely N-dealkylation sites (tertiary alicyclic amines) is 1. The van der Waals surface area contributed by atoms with Crippen molar-refractivity contribution in [1.82, 2.24) is 10.2 Å². The van der Waals surface area contributed by atoms with Gasteiger partial charge in [-0.25, -0.2) is 0 Å². The maximum Gasteiger partial charge on any atom is 0.0815 e. The average molecular weight is 242 g/mol. The highest BCUT2D eigenvalue weighted by Crippen LogP contribution is 2.21. The average Bonchev–Trinajstić information content (AvgIpc) is 2.32. The van der Waals surface area contributed by atoms with E-state index < -0.39 is 5.60 Å². The van der Waals surface area contributed by atoms with Crippen LogP contribution in [0.25, 0.3) is 0 Å². The number of hydrogen-bond acceptors (Lipinski definition) is 4. The van der Waals surface area contributed by atoms with E-state index in [0.717, 1.165) is 25.9 Å². The Labute approximate surface area is 104 Å². The van der Waals surface area contributed by atoms with Crippen molar-refractivity contribution >= 4 is 0 Å². The molecule has 0 radical (unpaired) electrons. The molecular weight excluding hydrogens is 216 g/mol. The molecule has 0 saturated carbocycles. The molecule has 0 aromatic rings. The van der Waals surface area contributed by atoms with Crippen LogP contribution in [0.5, 0.6) is 0 Å². The van der Waals surface area contributed by atoms with E-state index in [1.807, 2.05) is 0 Å². The van der Waals surface area contributed by atoms with Crippen LogP contribution < -0.4 is 5.32 Å². The second kappa shape index (κ2) is 5.65. The molecule has 100 valence electrons. The Hall–Kier alpha value is -0.160. The number of ether oxygens (including phenoxy) is 1. The van der Waals surface area contributed by atoms with Crippen LogP contribution >= 0.6 is 0 Å². The summed E-state index contributed by atoms with van der Waals surface area (Å²) in [6.07, 6.45) is 3.90. The van der Waals surface area contributed by atoms with Crippen molar-refractivity contribution in [2.24, 2.45) is 0 Å². The van der Waals surface area contributed by atoms with E-state index in [1.165, 1.54) is 12.8 Å². The molecule has 2 heterocycles. The summed E-state index contributed by atoms with van der Waals surface area (Å²) in [7, 11) is 2.19. The molecule has 0 spiro atoms. The minimum absolute atomic E-state index is 0.537. The van der Waals surface area contributed by atoms with Gasteiger partial charge in [-0.2, -0.15) is 0 Å². The summed E-state index contributed by atoms with van der Waals surface area (Å²) in [5, 5.41) is 13.9. The van der Waals surface area contributed by atoms with E-state index >= 15 is 0 Å². The van der Waals surface area contributed by atoms with Gasteiger partial charge < -0.3 is 20.1 Å². The summed E-state index contributed by atoms with van der Waals surface area (Å²) in [5.74, 6) is 0. The fourth-order valence-electron chi connectivity index (χ4n) is 2.74. The molecule has 0 amide bonds. The maximum atomic E-state index is 10.4. The maximum absolute atomic E-state index is 10.4. The van der Waals surface area contributed by atoms with Gasteiger partial charge in [0.15, 0.2) is 0 Å². The summed E-state index contributed by atoms with van der Waals surface area (Å²) in [6, 6.07) is 1.21. The van der Waals surface area contributed by atoms with Crippen molar-refractivity contribution in [3.05, 3.63) is 0 Å². The molecule has 2 aliphatic heterocycles. The lowest BCUT2D eigenvalue weighted by atomic mass is 9.92. The van der Waals surface area contributed by atoms with Crippen molar-refractivity contribution in [2.45, 2.75) is 50.3 Å². The van der Waals surface area contributed by atoms with Gasteiger partial charge in [0.05, 0.1) is 5.60 Å². The molecule has 2 saturated heterocycles. The van der Waals surface area contributed by atoms with Gasteiger partial charge in [-0.3, -0.25) is 0 Å². The van der Waals surface area contributed by atoms with Gasteiger partial charge in [0.25, 0.3) is 0 Å². The summed E-state index contributed by atoms with van der Waals surface area (Å²) >= 11 is 0. The van der Waals surface area contributed by atoms with Crippen molar-refractivity contribution in [1.29, 1.82) is 0 Å². The van der Waals surface area contributed by atoms with Crippen LogP contribution in [0.2, 0.25) is 0 Å². The quantitative estimate of drug-likeness (QED) is 0.761. The van der Waals surface area contributed by atoms with Crippen LogP contribution in [-0.4, -0.2) is 61.0 Å². The molecule has 17 heavy (non-hydrogen) atoms. The highest BCUT2D eigenvalue weighted by Gasteiger charge is 2.31. The Kier molecular flexibility index (Phi) is 4.42. The third-order valence-corrected chi connectivity index (χ3v) is 4.35. The molecule has 0 aromatic carbocycles. The number of nitrogens with zero attached hydrogens (tertiary/aromatic N) is 1. The minimum atomic E-state index is -0.537. The monoisotopic (exact) mass is 242 g/mol.